The summed E-state index contributed by atoms with van der Waals surface area (Å²) in [5, 5.41) is 0. The van der Waals surface area contributed by atoms with Crippen LogP contribution in [0.25, 0.3) is 0 Å². The molecule has 0 aliphatic carbocycles. The highest BCUT2D eigenvalue weighted by Gasteiger charge is 2.38. The molecule has 0 bridgehead atoms. The summed E-state index contributed by atoms with van der Waals surface area (Å²) in [4.78, 5) is 4.58. The second-order valence-electron chi connectivity index (χ2n) is 5.49. The Hall–Kier alpha value is -1.92. The molecule has 22 heavy (non-hydrogen) atoms. The lowest BCUT2D eigenvalue weighted by molar-refractivity contribution is 0.0719. The van der Waals surface area contributed by atoms with Crippen LogP contribution >= 0.6 is 0 Å². The molecule has 1 aromatic heterocycles. The van der Waals surface area contributed by atoms with E-state index in [0.717, 1.165) is 11.3 Å². The highest BCUT2D eigenvalue weighted by atomic mass is 32.2. The molecule has 0 spiro atoms. The molecule has 2 aromatic rings. The van der Waals surface area contributed by atoms with Crippen molar-refractivity contribution in [3.8, 4) is 5.88 Å². The predicted octanol–water partition coefficient (Wildman–Crippen LogP) is 2.15. The smallest absolute Gasteiger partial charge is 0.243 e. The second kappa shape index (κ2) is 5.70. The van der Waals surface area contributed by atoms with Gasteiger partial charge in [0.25, 0.3) is 0 Å². The average Bonchev–Trinajstić information content (AvgIpc) is 2.43. The number of aryl methyl sites for hydroxylation is 2. The van der Waals surface area contributed by atoms with Gasteiger partial charge in [0.2, 0.25) is 15.9 Å². The molecule has 0 atom stereocenters. The van der Waals surface area contributed by atoms with Crippen molar-refractivity contribution in [3.63, 3.8) is 0 Å². The topological polar surface area (TPSA) is 59.5 Å². The monoisotopic (exact) mass is 318 g/mol. The van der Waals surface area contributed by atoms with Crippen molar-refractivity contribution in [1.29, 1.82) is 0 Å². The van der Waals surface area contributed by atoms with E-state index in [-0.39, 0.29) is 6.10 Å². The fourth-order valence-electron chi connectivity index (χ4n) is 2.29. The Kier molecular flexibility index (Phi) is 3.88. The van der Waals surface area contributed by atoms with E-state index in [1.54, 1.807) is 30.3 Å². The van der Waals surface area contributed by atoms with Gasteiger partial charge in [0.15, 0.2) is 0 Å². The number of rotatable bonds is 4. The fraction of sp³-hybridized carbons (Fsp3) is 0.312. The molecule has 0 saturated carbocycles. The number of ether oxygens (including phenoxy) is 1. The summed E-state index contributed by atoms with van der Waals surface area (Å²) < 4.78 is 32.0. The lowest BCUT2D eigenvalue weighted by Crippen LogP contribution is -2.56. The third kappa shape index (κ3) is 2.98. The van der Waals surface area contributed by atoms with Gasteiger partial charge in [0.1, 0.15) is 6.10 Å². The maximum absolute atomic E-state index is 12.4. The van der Waals surface area contributed by atoms with Crippen LogP contribution < -0.4 is 4.74 Å². The number of pyridine rings is 1. The molecule has 2 heterocycles. The number of nitrogens with zero attached hydrogens (tertiary/aromatic N) is 2. The normalized spacial score (nSPS) is 16.3. The van der Waals surface area contributed by atoms with Crippen molar-refractivity contribution < 1.29 is 13.2 Å². The van der Waals surface area contributed by atoms with Gasteiger partial charge in [-0.2, -0.15) is 4.31 Å². The quantitative estimate of drug-likeness (QED) is 0.867. The highest BCUT2D eigenvalue weighted by Crippen LogP contribution is 2.24. The fourth-order valence-corrected chi connectivity index (χ4v) is 3.79. The minimum atomic E-state index is -3.42. The van der Waals surface area contributed by atoms with Gasteiger partial charge < -0.3 is 4.74 Å². The van der Waals surface area contributed by atoms with Crippen molar-refractivity contribution in [2.45, 2.75) is 24.8 Å². The Morgan fingerprint density at radius 2 is 1.77 bits per heavy atom. The molecule has 0 amide bonds. The zero-order valence-corrected chi connectivity index (χ0v) is 13.4. The number of hydrogen-bond acceptors (Lipinski definition) is 4. The van der Waals surface area contributed by atoms with Gasteiger partial charge in [-0.3, -0.25) is 0 Å². The minimum Gasteiger partial charge on any atom is -0.472 e. The maximum Gasteiger partial charge on any atom is 0.243 e. The first kappa shape index (κ1) is 15.0. The van der Waals surface area contributed by atoms with Crippen LogP contribution in [-0.2, 0) is 10.0 Å². The number of benzene rings is 1. The molecule has 5 nitrogen and oxygen atoms in total. The summed E-state index contributed by atoms with van der Waals surface area (Å²) in [5.41, 5.74) is 1.91. The molecule has 1 aliphatic heterocycles. The van der Waals surface area contributed by atoms with E-state index in [9.17, 15) is 8.42 Å². The zero-order valence-electron chi connectivity index (χ0n) is 12.6. The SMILES string of the molecule is Cc1ccc(S(=O)(=O)N2CC(Oc3cccc(C)n3)C2)cc1. The van der Waals surface area contributed by atoms with E-state index in [1.165, 1.54) is 4.31 Å². The minimum absolute atomic E-state index is 0.144. The van der Waals surface area contributed by atoms with Crippen LogP contribution in [0.2, 0.25) is 0 Å². The number of hydrogen-bond donors (Lipinski definition) is 0. The molecule has 1 aromatic carbocycles. The summed E-state index contributed by atoms with van der Waals surface area (Å²) in [6.45, 7) is 4.53. The van der Waals surface area contributed by atoms with E-state index in [0.29, 0.717) is 23.9 Å². The molecule has 0 radical (unpaired) electrons. The second-order valence-corrected chi connectivity index (χ2v) is 7.43. The van der Waals surface area contributed by atoms with Crippen LogP contribution in [0, 0.1) is 13.8 Å². The highest BCUT2D eigenvalue weighted by molar-refractivity contribution is 7.89. The lowest BCUT2D eigenvalue weighted by Gasteiger charge is -2.37. The van der Waals surface area contributed by atoms with Gasteiger partial charge in [-0.05, 0) is 32.0 Å². The maximum atomic E-state index is 12.4. The average molecular weight is 318 g/mol. The van der Waals surface area contributed by atoms with E-state index >= 15 is 0 Å². The van der Waals surface area contributed by atoms with Crippen molar-refractivity contribution in [2.75, 3.05) is 13.1 Å². The van der Waals surface area contributed by atoms with Crippen LogP contribution in [0.3, 0.4) is 0 Å². The molecule has 1 saturated heterocycles. The Balaban J connectivity index is 1.64. The summed E-state index contributed by atoms with van der Waals surface area (Å²) in [6.07, 6.45) is -0.144. The van der Waals surface area contributed by atoms with Gasteiger partial charge >= 0.3 is 0 Å². The van der Waals surface area contributed by atoms with Crippen LogP contribution in [0.4, 0.5) is 0 Å². The Labute approximate surface area is 130 Å². The van der Waals surface area contributed by atoms with E-state index in [1.807, 2.05) is 26.0 Å². The molecule has 1 aliphatic rings. The largest absolute Gasteiger partial charge is 0.472 e. The van der Waals surface area contributed by atoms with Gasteiger partial charge in [0.05, 0.1) is 18.0 Å². The van der Waals surface area contributed by atoms with Crippen molar-refractivity contribution in [1.82, 2.24) is 9.29 Å². The molecular formula is C16H18N2O3S. The first-order valence-electron chi connectivity index (χ1n) is 7.12. The van der Waals surface area contributed by atoms with E-state index < -0.39 is 10.0 Å². The van der Waals surface area contributed by atoms with Crippen LogP contribution in [-0.4, -0.2) is 36.9 Å². The van der Waals surface area contributed by atoms with E-state index in [4.69, 9.17) is 4.74 Å². The molecule has 1 fully saturated rings. The van der Waals surface area contributed by atoms with E-state index in [2.05, 4.69) is 4.98 Å². The third-order valence-electron chi connectivity index (χ3n) is 3.62. The van der Waals surface area contributed by atoms with Crippen LogP contribution in [0.5, 0.6) is 5.88 Å². The van der Waals surface area contributed by atoms with Crippen molar-refractivity contribution >= 4 is 10.0 Å². The summed E-state index contributed by atoms with van der Waals surface area (Å²) in [7, 11) is -3.42. The number of aromatic nitrogens is 1. The molecule has 0 unspecified atom stereocenters. The lowest BCUT2D eigenvalue weighted by atomic mass is 10.2. The first-order chi connectivity index (χ1) is 10.4. The molecule has 6 heteroatoms. The standard InChI is InChI=1S/C16H18N2O3S/c1-12-6-8-15(9-7-12)22(19,20)18-10-14(11-18)21-16-5-3-4-13(2)17-16/h3-9,14H,10-11H2,1-2H3. The molecule has 3 rings (SSSR count). The zero-order chi connectivity index (χ0) is 15.7. The molecular weight excluding hydrogens is 300 g/mol. The third-order valence-corrected chi connectivity index (χ3v) is 5.47. The summed E-state index contributed by atoms with van der Waals surface area (Å²) in [5.74, 6) is 0.539. The van der Waals surface area contributed by atoms with Gasteiger partial charge in [0, 0.05) is 11.8 Å². The summed E-state index contributed by atoms with van der Waals surface area (Å²) in [6, 6.07) is 12.4. The Bertz CT molecular complexity index is 766. The van der Waals surface area contributed by atoms with Gasteiger partial charge in [-0.25, -0.2) is 13.4 Å². The molecule has 116 valence electrons. The van der Waals surface area contributed by atoms with Crippen LogP contribution in [0.1, 0.15) is 11.3 Å². The first-order valence-corrected chi connectivity index (χ1v) is 8.56. The molecule has 0 N–H and O–H groups in total. The Morgan fingerprint density at radius 3 is 2.41 bits per heavy atom. The predicted molar refractivity (Wildman–Crippen MR) is 83.3 cm³/mol. The van der Waals surface area contributed by atoms with Crippen LogP contribution in [0.15, 0.2) is 47.4 Å². The van der Waals surface area contributed by atoms with Gasteiger partial charge in [-0.15, -0.1) is 0 Å². The van der Waals surface area contributed by atoms with Crippen molar-refractivity contribution in [3.05, 3.63) is 53.7 Å². The van der Waals surface area contributed by atoms with Gasteiger partial charge in [-0.1, -0.05) is 23.8 Å². The Morgan fingerprint density at radius 1 is 1.09 bits per heavy atom. The number of sulfonamides is 1. The van der Waals surface area contributed by atoms with Crippen molar-refractivity contribution in [2.24, 2.45) is 0 Å². The summed E-state index contributed by atoms with van der Waals surface area (Å²) >= 11 is 0.